The fourth-order valence-electron chi connectivity index (χ4n) is 6.54. The minimum atomic E-state index is -0.525. The lowest BCUT2D eigenvalue weighted by atomic mass is 10.1. The number of ether oxygens (including phenoxy) is 3. The quantitative estimate of drug-likeness (QED) is 0.0355. The molecule has 0 fully saturated rings. The van der Waals surface area contributed by atoms with Crippen LogP contribution in [0.25, 0.3) is 0 Å². The highest BCUT2D eigenvalue weighted by Crippen LogP contribution is 2.14. The maximum Gasteiger partial charge on any atom is 0.306 e. The topological polar surface area (TPSA) is 61.8 Å². The Hall–Kier alpha value is -1.62. The number of unbranched alkanes of at least 4 members (excludes halogenated alkanes) is 27. The molecule has 0 aromatic carbocycles. The lowest BCUT2D eigenvalue weighted by molar-refractivity contribution is -0.163. The first-order chi connectivity index (χ1) is 25.6. The first-order valence-electron chi connectivity index (χ1n) is 22.9. The van der Waals surface area contributed by atoms with Gasteiger partial charge in [-0.1, -0.05) is 199 Å². The number of rotatable bonds is 42. The zero-order valence-electron chi connectivity index (χ0n) is 35.1. The molecule has 0 aliphatic carbocycles. The highest BCUT2D eigenvalue weighted by atomic mass is 16.6. The van der Waals surface area contributed by atoms with E-state index in [1.165, 1.54) is 161 Å². The predicted octanol–water partition coefficient (Wildman–Crippen LogP) is 14.9. The van der Waals surface area contributed by atoms with Crippen molar-refractivity contribution in [2.24, 2.45) is 0 Å². The molecule has 0 spiro atoms. The average Bonchev–Trinajstić information content (AvgIpc) is 3.14. The maximum atomic E-state index is 12.5. The van der Waals surface area contributed by atoms with Gasteiger partial charge in [0.1, 0.15) is 6.61 Å². The van der Waals surface area contributed by atoms with Gasteiger partial charge in [0, 0.05) is 19.4 Å². The van der Waals surface area contributed by atoms with E-state index < -0.39 is 6.10 Å². The monoisotopic (exact) mass is 733 g/mol. The molecule has 0 saturated heterocycles. The van der Waals surface area contributed by atoms with Gasteiger partial charge in [0.05, 0.1) is 6.61 Å². The molecule has 0 rings (SSSR count). The zero-order chi connectivity index (χ0) is 37.8. The van der Waals surface area contributed by atoms with E-state index in [-0.39, 0.29) is 18.5 Å². The lowest BCUT2D eigenvalue weighted by Crippen LogP contribution is -2.30. The summed E-state index contributed by atoms with van der Waals surface area (Å²) < 4.78 is 17.2. The van der Waals surface area contributed by atoms with E-state index >= 15 is 0 Å². The molecule has 306 valence electrons. The van der Waals surface area contributed by atoms with Crippen LogP contribution < -0.4 is 0 Å². The number of allylic oxidation sites excluding steroid dienone is 4. The molecule has 0 aliphatic heterocycles. The highest BCUT2D eigenvalue weighted by Gasteiger charge is 2.17. The van der Waals surface area contributed by atoms with Crippen LogP contribution in [-0.2, 0) is 23.8 Å². The van der Waals surface area contributed by atoms with Crippen LogP contribution in [-0.4, -0.2) is 37.9 Å². The molecule has 0 aromatic heterocycles. The fraction of sp³-hybridized carbons (Fsp3) is 0.872. The molecule has 0 radical (unpaired) electrons. The summed E-state index contributed by atoms with van der Waals surface area (Å²) in [4.78, 5) is 25.0. The van der Waals surface area contributed by atoms with Crippen molar-refractivity contribution >= 4 is 11.9 Å². The Morgan fingerprint density at radius 1 is 0.423 bits per heavy atom. The first-order valence-corrected chi connectivity index (χ1v) is 22.9. The van der Waals surface area contributed by atoms with Gasteiger partial charge in [-0.25, -0.2) is 0 Å². The van der Waals surface area contributed by atoms with Crippen LogP contribution in [0.4, 0.5) is 0 Å². The molecular formula is C47H88O5. The molecule has 5 heteroatoms. The van der Waals surface area contributed by atoms with Gasteiger partial charge in [-0.2, -0.15) is 0 Å². The molecule has 1 atom stereocenters. The Morgan fingerprint density at radius 2 is 0.808 bits per heavy atom. The van der Waals surface area contributed by atoms with Crippen molar-refractivity contribution in [2.45, 2.75) is 245 Å². The second kappa shape index (κ2) is 43.8. The van der Waals surface area contributed by atoms with Gasteiger partial charge in [0.25, 0.3) is 0 Å². The molecule has 0 aliphatic rings. The van der Waals surface area contributed by atoms with E-state index in [4.69, 9.17) is 14.2 Å². The SMILES string of the molecule is CCCCC/C=C\C/C=C\CCCCCCCCCCCC(=O)OCC(COCCCCCCCCCCCCCC)OC(=O)CCCCCCC. The Morgan fingerprint density at radius 3 is 1.31 bits per heavy atom. The second-order valence-electron chi connectivity index (χ2n) is 15.3. The minimum Gasteiger partial charge on any atom is -0.462 e. The van der Waals surface area contributed by atoms with Crippen LogP contribution in [0, 0.1) is 0 Å². The van der Waals surface area contributed by atoms with Crippen LogP contribution in [0.5, 0.6) is 0 Å². The Bertz CT molecular complexity index is 791. The first kappa shape index (κ1) is 50.4. The Balaban J connectivity index is 4.00. The van der Waals surface area contributed by atoms with Gasteiger partial charge in [0.2, 0.25) is 0 Å². The Labute approximate surface area is 324 Å². The number of hydrogen-bond donors (Lipinski definition) is 0. The third kappa shape index (κ3) is 41.1. The summed E-state index contributed by atoms with van der Waals surface area (Å²) in [7, 11) is 0. The molecular weight excluding hydrogens is 645 g/mol. The van der Waals surface area contributed by atoms with E-state index in [9.17, 15) is 9.59 Å². The number of esters is 2. The Kier molecular flexibility index (Phi) is 42.4. The molecule has 0 saturated carbocycles. The summed E-state index contributed by atoms with van der Waals surface area (Å²) in [6.45, 7) is 7.76. The molecule has 0 bridgehead atoms. The molecule has 1 unspecified atom stereocenters. The fourth-order valence-corrected chi connectivity index (χ4v) is 6.54. The van der Waals surface area contributed by atoms with Crippen molar-refractivity contribution in [1.29, 1.82) is 0 Å². The van der Waals surface area contributed by atoms with E-state index in [2.05, 4.69) is 45.1 Å². The number of hydrogen-bond acceptors (Lipinski definition) is 5. The van der Waals surface area contributed by atoms with Crippen molar-refractivity contribution < 1.29 is 23.8 Å². The summed E-state index contributed by atoms with van der Waals surface area (Å²) in [5, 5.41) is 0. The largest absolute Gasteiger partial charge is 0.462 e. The summed E-state index contributed by atoms with van der Waals surface area (Å²) in [5.74, 6) is -0.404. The predicted molar refractivity (Wildman–Crippen MR) is 224 cm³/mol. The van der Waals surface area contributed by atoms with Crippen molar-refractivity contribution in [3.63, 3.8) is 0 Å². The smallest absolute Gasteiger partial charge is 0.306 e. The highest BCUT2D eigenvalue weighted by molar-refractivity contribution is 5.70. The van der Waals surface area contributed by atoms with Gasteiger partial charge in [-0.05, 0) is 51.4 Å². The van der Waals surface area contributed by atoms with E-state index in [1.807, 2.05) is 0 Å². The van der Waals surface area contributed by atoms with Crippen molar-refractivity contribution in [1.82, 2.24) is 0 Å². The van der Waals surface area contributed by atoms with Crippen LogP contribution in [0.2, 0.25) is 0 Å². The molecule has 0 heterocycles. The molecule has 5 nitrogen and oxygen atoms in total. The summed E-state index contributed by atoms with van der Waals surface area (Å²) in [6, 6.07) is 0. The third-order valence-corrected chi connectivity index (χ3v) is 9.99. The third-order valence-electron chi connectivity index (χ3n) is 9.99. The van der Waals surface area contributed by atoms with E-state index in [0.717, 1.165) is 44.9 Å². The van der Waals surface area contributed by atoms with Gasteiger partial charge < -0.3 is 14.2 Å². The minimum absolute atomic E-state index is 0.0881. The summed E-state index contributed by atoms with van der Waals surface area (Å²) >= 11 is 0. The molecule has 0 N–H and O–H groups in total. The van der Waals surface area contributed by atoms with Gasteiger partial charge in [-0.3, -0.25) is 9.59 Å². The molecule has 0 aromatic rings. The second-order valence-corrected chi connectivity index (χ2v) is 15.3. The van der Waals surface area contributed by atoms with Crippen molar-refractivity contribution in [3.8, 4) is 0 Å². The van der Waals surface area contributed by atoms with Crippen molar-refractivity contribution in [3.05, 3.63) is 24.3 Å². The lowest BCUT2D eigenvalue weighted by Gasteiger charge is -2.18. The van der Waals surface area contributed by atoms with Crippen LogP contribution >= 0.6 is 0 Å². The molecule has 52 heavy (non-hydrogen) atoms. The van der Waals surface area contributed by atoms with Crippen molar-refractivity contribution in [2.75, 3.05) is 19.8 Å². The van der Waals surface area contributed by atoms with Gasteiger partial charge in [0.15, 0.2) is 6.10 Å². The normalized spacial score (nSPS) is 12.3. The number of carbonyl (C=O) groups excluding carboxylic acids is 2. The standard InChI is InChI=1S/C47H88O5/c1-4-7-10-13-15-17-19-21-22-23-24-25-26-27-28-30-32-35-37-40-46(48)51-44-45(52-47(49)41-38-34-12-9-6-3)43-50-42-39-36-33-31-29-20-18-16-14-11-8-5-2/h15,17,21-22,45H,4-14,16,18-20,23-44H2,1-3H3/b17-15-,22-21-. The number of carbonyl (C=O) groups is 2. The van der Waals surface area contributed by atoms with Crippen LogP contribution in [0.1, 0.15) is 239 Å². The maximum absolute atomic E-state index is 12.5. The summed E-state index contributed by atoms with van der Waals surface area (Å²) in [6.07, 6.45) is 49.1. The molecule has 0 amide bonds. The van der Waals surface area contributed by atoms with E-state index in [1.54, 1.807) is 0 Å². The average molecular weight is 733 g/mol. The summed E-state index contributed by atoms with van der Waals surface area (Å²) in [5.41, 5.74) is 0. The van der Waals surface area contributed by atoms with Gasteiger partial charge >= 0.3 is 11.9 Å². The van der Waals surface area contributed by atoms with Crippen LogP contribution in [0.15, 0.2) is 24.3 Å². The van der Waals surface area contributed by atoms with E-state index in [0.29, 0.717) is 26.1 Å². The zero-order valence-corrected chi connectivity index (χ0v) is 35.1. The van der Waals surface area contributed by atoms with Crippen LogP contribution in [0.3, 0.4) is 0 Å². The van der Waals surface area contributed by atoms with Gasteiger partial charge in [-0.15, -0.1) is 0 Å².